The van der Waals surface area contributed by atoms with Gasteiger partial charge in [-0.25, -0.2) is 9.48 Å². The highest BCUT2D eigenvalue weighted by atomic mass is 16.6. The molecule has 0 atom stereocenters. The number of phenols is 1. The van der Waals surface area contributed by atoms with E-state index in [1.807, 2.05) is 91.0 Å². The standard InChI is InChI=1S/C34H26N2O7/c1-40-26-14-8-11-23(15-26)28-16-24(35-36(28)25-12-6-3-7-13-25)20-42-33(39)21-41-27-17-29(37)34-30(38)19-31(43-32(34)18-27)22-9-4-2-5-10-22/h2-19,37H,20-21H2,1H3. The average molecular weight is 575 g/mol. The van der Waals surface area contributed by atoms with Gasteiger partial charge in [-0.1, -0.05) is 60.7 Å². The van der Waals surface area contributed by atoms with Gasteiger partial charge in [0.2, 0.25) is 0 Å². The van der Waals surface area contributed by atoms with Crippen LogP contribution in [-0.4, -0.2) is 34.6 Å². The number of ether oxygens (including phenoxy) is 3. The van der Waals surface area contributed by atoms with Crippen molar-refractivity contribution < 1.29 is 28.5 Å². The van der Waals surface area contributed by atoms with E-state index in [4.69, 9.17) is 18.6 Å². The number of esters is 1. The van der Waals surface area contributed by atoms with E-state index in [1.165, 1.54) is 18.2 Å². The van der Waals surface area contributed by atoms with Crippen LogP contribution in [0.4, 0.5) is 0 Å². The molecule has 0 bridgehead atoms. The Morgan fingerprint density at radius 2 is 1.60 bits per heavy atom. The molecule has 2 heterocycles. The van der Waals surface area contributed by atoms with Gasteiger partial charge in [-0.3, -0.25) is 4.79 Å². The third kappa shape index (κ3) is 5.96. The monoisotopic (exact) mass is 574 g/mol. The van der Waals surface area contributed by atoms with Crippen LogP contribution >= 0.6 is 0 Å². The molecule has 6 rings (SSSR count). The Balaban J connectivity index is 1.17. The third-order valence-corrected chi connectivity index (χ3v) is 6.71. The van der Waals surface area contributed by atoms with Crippen LogP contribution in [0.15, 0.2) is 118 Å². The normalized spacial score (nSPS) is 10.9. The minimum Gasteiger partial charge on any atom is -0.507 e. The molecule has 4 aromatic carbocycles. The molecule has 43 heavy (non-hydrogen) atoms. The number of carbonyl (C=O) groups excluding carboxylic acids is 1. The second-order valence-corrected chi connectivity index (χ2v) is 9.61. The fourth-order valence-electron chi connectivity index (χ4n) is 4.66. The van der Waals surface area contributed by atoms with Gasteiger partial charge >= 0.3 is 5.97 Å². The number of benzene rings is 4. The molecular formula is C34H26N2O7. The van der Waals surface area contributed by atoms with Crippen LogP contribution < -0.4 is 14.9 Å². The van der Waals surface area contributed by atoms with Crippen molar-refractivity contribution in [3.63, 3.8) is 0 Å². The van der Waals surface area contributed by atoms with Gasteiger partial charge in [0.25, 0.3) is 0 Å². The van der Waals surface area contributed by atoms with E-state index in [-0.39, 0.29) is 29.1 Å². The van der Waals surface area contributed by atoms with Crippen LogP contribution in [0.1, 0.15) is 5.69 Å². The molecule has 0 aliphatic heterocycles. The van der Waals surface area contributed by atoms with Crippen LogP contribution in [-0.2, 0) is 16.1 Å². The first-order chi connectivity index (χ1) is 21.0. The summed E-state index contributed by atoms with van der Waals surface area (Å²) in [5.41, 5.74) is 3.51. The van der Waals surface area contributed by atoms with Crippen molar-refractivity contribution in [1.82, 2.24) is 9.78 Å². The molecule has 9 heteroatoms. The van der Waals surface area contributed by atoms with Crippen molar-refractivity contribution in [2.24, 2.45) is 0 Å². The Hall–Kier alpha value is -5.83. The van der Waals surface area contributed by atoms with E-state index in [0.717, 1.165) is 16.9 Å². The number of methoxy groups -OCH3 is 1. The third-order valence-electron chi connectivity index (χ3n) is 6.71. The Labute approximate surface area is 246 Å². The molecule has 0 amide bonds. The fourth-order valence-corrected chi connectivity index (χ4v) is 4.66. The maximum atomic E-state index is 12.7. The van der Waals surface area contributed by atoms with Gasteiger partial charge in [0.05, 0.1) is 18.5 Å². The Kier molecular flexibility index (Phi) is 7.60. The van der Waals surface area contributed by atoms with Gasteiger partial charge < -0.3 is 23.7 Å². The van der Waals surface area contributed by atoms with Crippen molar-refractivity contribution in [2.75, 3.05) is 13.7 Å². The van der Waals surface area contributed by atoms with Crippen LogP contribution in [0.3, 0.4) is 0 Å². The number of para-hydroxylation sites is 1. The van der Waals surface area contributed by atoms with Gasteiger partial charge in [0, 0.05) is 29.3 Å². The number of hydrogen-bond donors (Lipinski definition) is 1. The number of aromatic nitrogens is 2. The van der Waals surface area contributed by atoms with Crippen LogP contribution in [0, 0.1) is 0 Å². The lowest BCUT2D eigenvalue weighted by Crippen LogP contribution is -2.15. The van der Waals surface area contributed by atoms with E-state index < -0.39 is 18.0 Å². The van der Waals surface area contributed by atoms with E-state index in [1.54, 1.807) is 11.8 Å². The first-order valence-electron chi connectivity index (χ1n) is 13.4. The lowest BCUT2D eigenvalue weighted by atomic mass is 10.1. The number of phenolic OH excluding ortho intramolecular Hbond substituents is 1. The molecule has 0 saturated heterocycles. The van der Waals surface area contributed by atoms with Crippen molar-refractivity contribution in [3.05, 3.63) is 125 Å². The van der Waals surface area contributed by atoms with E-state index in [2.05, 4.69) is 5.10 Å². The van der Waals surface area contributed by atoms with Gasteiger partial charge in [0.15, 0.2) is 12.0 Å². The number of hydrogen-bond acceptors (Lipinski definition) is 8. The zero-order valence-electron chi connectivity index (χ0n) is 23.1. The van der Waals surface area contributed by atoms with Gasteiger partial charge in [-0.15, -0.1) is 0 Å². The van der Waals surface area contributed by atoms with E-state index in [0.29, 0.717) is 22.8 Å². The van der Waals surface area contributed by atoms with Crippen LogP contribution in [0.25, 0.3) is 39.2 Å². The summed E-state index contributed by atoms with van der Waals surface area (Å²) in [5, 5.41) is 15.2. The molecule has 0 saturated carbocycles. The highest BCUT2D eigenvalue weighted by molar-refractivity contribution is 5.86. The minimum absolute atomic E-state index is 0.0236. The zero-order chi connectivity index (χ0) is 29.8. The summed E-state index contributed by atoms with van der Waals surface area (Å²) < 4.78 is 24.1. The molecular weight excluding hydrogens is 548 g/mol. The Morgan fingerprint density at radius 1 is 0.860 bits per heavy atom. The highest BCUT2D eigenvalue weighted by Gasteiger charge is 2.16. The molecule has 0 unspecified atom stereocenters. The van der Waals surface area contributed by atoms with Crippen LogP contribution in [0.2, 0.25) is 0 Å². The second-order valence-electron chi connectivity index (χ2n) is 9.61. The highest BCUT2D eigenvalue weighted by Crippen LogP contribution is 2.31. The zero-order valence-corrected chi connectivity index (χ0v) is 23.1. The lowest BCUT2D eigenvalue weighted by Gasteiger charge is -2.09. The molecule has 1 N–H and O–H groups in total. The van der Waals surface area contributed by atoms with Crippen LogP contribution in [0.5, 0.6) is 17.2 Å². The Bertz CT molecular complexity index is 1960. The topological polar surface area (TPSA) is 113 Å². The predicted octanol–water partition coefficient (Wildman–Crippen LogP) is 6.15. The van der Waals surface area contributed by atoms with Gasteiger partial charge in [-0.2, -0.15) is 5.10 Å². The van der Waals surface area contributed by atoms with Crippen molar-refractivity contribution in [1.29, 1.82) is 0 Å². The Morgan fingerprint density at radius 3 is 2.37 bits per heavy atom. The van der Waals surface area contributed by atoms with Gasteiger partial charge in [-0.05, 0) is 30.3 Å². The van der Waals surface area contributed by atoms with Crippen molar-refractivity contribution in [2.45, 2.75) is 6.61 Å². The largest absolute Gasteiger partial charge is 0.507 e. The summed E-state index contributed by atoms with van der Waals surface area (Å²) >= 11 is 0. The number of rotatable bonds is 9. The fraction of sp³-hybridized carbons (Fsp3) is 0.0882. The quantitative estimate of drug-likeness (QED) is 0.205. The summed E-state index contributed by atoms with van der Waals surface area (Å²) in [7, 11) is 1.61. The number of nitrogens with zero attached hydrogens (tertiary/aromatic N) is 2. The maximum Gasteiger partial charge on any atom is 0.344 e. The first kappa shape index (κ1) is 27.3. The lowest BCUT2D eigenvalue weighted by molar-refractivity contribution is -0.147. The SMILES string of the molecule is COc1cccc(-c2cc(COC(=O)COc3cc(O)c4c(=O)cc(-c5ccccc5)oc4c3)nn2-c2ccccc2)c1. The van der Waals surface area contributed by atoms with E-state index in [9.17, 15) is 14.7 Å². The molecule has 2 aromatic heterocycles. The summed E-state index contributed by atoms with van der Waals surface area (Å²) in [6.45, 7) is -0.521. The summed E-state index contributed by atoms with van der Waals surface area (Å²) in [6, 6.07) is 32.3. The first-order valence-corrected chi connectivity index (χ1v) is 13.4. The summed E-state index contributed by atoms with van der Waals surface area (Å²) in [4.78, 5) is 25.3. The number of fused-ring (bicyclic) bond motifs is 1. The van der Waals surface area contributed by atoms with Crippen molar-refractivity contribution in [3.8, 4) is 45.5 Å². The number of aromatic hydroxyl groups is 1. The summed E-state index contributed by atoms with van der Waals surface area (Å²) in [6.07, 6.45) is 0. The molecule has 0 aliphatic carbocycles. The second kappa shape index (κ2) is 12.0. The smallest absolute Gasteiger partial charge is 0.344 e. The van der Waals surface area contributed by atoms with E-state index >= 15 is 0 Å². The molecule has 6 aromatic rings. The summed E-state index contributed by atoms with van der Waals surface area (Å²) in [5.74, 6) is 0.238. The molecule has 9 nitrogen and oxygen atoms in total. The predicted molar refractivity (Wildman–Crippen MR) is 160 cm³/mol. The molecule has 0 aliphatic rings. The maximum absolute atomic E-state index is 12.7. The number of carbonyl (C=O) groups is 1. The van der Waals surface area contributed by atoms with Gasteiger partial charge in [0.1, 0.15) is 46.3 Å². The minimum atomic E-state index is -0.642. The molecule has 0 spiro atoms. The molecule has 214 valence electrons. The van der Waals surface area contributed by atoms with Crippen molar-refractivity contribution >= 4 is 16.9 Å². The molecule has 0 fully saturated rings. The average Bonchev–Trinajstić information content (AvgIpc) is 3.48. The molecule has 0 radical (unpaired) electrons.